The minimum atomic E-state index is 0.720. The molecular formula is C28H30ClN3. The van der Waals surface area contributed by atoms with Crippen molar-refractivity contribution in [3.63, 3.8) is 0 Å². The summed E-state index contributed by atoms with van der Waals surface area (Å²) in [5.74, 6) is 0. The highest BCUT2D eigenvalue weighted by Crippen LogP contribution is 2.24. The number of unbranched alkanes of at least 4 members (excludes halogenated alkanes) is 2. The van der Waals surface area contributed by atoms with Crippen molar-refractivity contribution in [2.75, 3.05) is 18.4 Å². The van der Waals surface area contributed by atoms with E-state index in [1.807, 2.05) is 30.5 Å². The molecule has 164 valence electrons. The number of halogens is 1. The maximum absolute atomic E-state index is 6.10. The molecule has 0 unspecified atom stereocenters. The molecule has 0 amide bonds. The highest BCUT2D eigenvalue weighted by molar-refractivity contribution is 6.31. The van der Waals surface area contributed by atoms with E-state index in [1.54, 1.807) is 0 Å². The maximum Gasteiger partial charge on any atom is 0.0737 e. The minimum Gasteiger partial charge on any atom is -0.384 e. The Morgan fingerprint density at radius 3 is 2.12 bits per heavy atom. The third-order valence-corrected chi connectivity index (χ3v) is 5.90. The molecule has 0 aliphatic rings. The lowest BCUT2D eigenvalue weighted by molar-refractivity contribution is 0.251. The van der Waals surface area contributed by atoms with Gasteiger partial charge in [0.1, 0.15) is 0 Å². The number of anilines is 1. The average molecular weight is 444 g/mol. The first-order valence-corrected chi connectivity index (χ1v) is 11.7. The molecule has 0 fully saturated rings. The Morgan fingerprint density at radius 2 is 1.44 bits per heavy atom. The summed E-state index contributed by atoms with van der Waals surface area (Å²) in [4.78, 5) is 6.97. The molecule has 0 radical (unpaired) electrons. The van der Waals surface area contributed by atoms with E-state index in [4.69, 9.17) is 11.6 Å². The van der Waals surface area contributed by atoms with Gasteiger partial charge >= 0.3 is 0 Å². The number of aromatic nitrogens is 1. The van der Waals surface area contributed by atoms with Gasteiger partial charge in [0.15, 0.2) is 0 Å². The van der Waals surface area contributed by atoms with Gasteiger partial charge in [-0.05, 0) is 54.8 Å². The van der Waals surface area contributed by atoms with E-state index in [-0.39, 0.29) is 0 Å². The van der Waals surface area contributed by atoms with E-state index in [0.717, 1.165) is 54.2 Å². The van der Waals surface area contributed by atoms with Crippen molar-refractivity contribution < 1.29 is 0 Å². The molecule has 0 saturated carbocycles. The maximum atomic E-state index is 6.10. The van der Waals surface area contributed by atoms with Gasteiger partial charge in [-0.15, -0.1) is 0 Å². The number of nitrogens with one attached hydrogen (secondary N) is 1. The molecule has 4 heteroatoms. The van der Waals surface area contributed by atoms with Gasteiger partial charge in [-0.3, -0.25) is 9.88 Å². The van der Waals surface area contributed by atoms with Crippen LogP contribution in [0.15, 0.2) is 91.1 Å². The van der Waals surface area contributed by atoms with E-state index in [1.165, 1.54) is 24.0 Å². The molecule has 0 bridgehead atoms. The van der Waals surface area contributed by atoms with E-state index in [9.17, 15) is 0 Å². The fraction of sp³-hybridized carbons (Fsp3) is 0.250. The SMILES string of the molecule is Clc1ccc2c(NCCCCCN(Cc3ccccc3)Cc3ccccc3)ccnc2c1. The largest absolute Gasteiger partial charge is 0.384 e. The van der Waals surface area contributed by atoms with Crippen molar-refractivity contribution in [2.45, 2.75) is 32.4 Å². The number of pyridine rings is 1. The van der Waals surface area contributed by atoms with Gasteiger partial charge in [-0.1, -0.05) is 78.7 Å². The van der Waals surface area contributed by atoms with Gasteiger partial charge in [-0.2, -0.15) is 0 Å². The van der Waals surface area contributed by atoms with Crippen LogP contribution in [-0.4, -0.2) is 23.0 Å². The molecule has 32 heavy (non-hydrogen) atoms. The Kier molecular flexibility index (Phi) is 8.13. The second-order valence-corrected chi connectivity index (χ2v) is 8.63. The summed E-state index contributed by atoms with van der Waals surface area (Å²) in [6, 6.07) is 29.4. The first kappa shape index (κ1) is 22.3. The Balaban J connectivity index is 1.26. The van der Waals surface area contributed by atoms with E-state index in [0.29, 0.717) is 0 Å². The van der Waals surface area contributed by atoms with Crippen molar-refractivity contribution in [3.05, 3.63) is 107 Å². The van der Waals surface area contributed by atoms with Crippen LogP contribution in [0.1, 0.15) is 30.4 Å². The Labute approximate surface area is 196 Å². The fourth-order valence-corrected chi connectivity index (χ4v) is 4.20. The molecule has 4 aromatic rings. The van der Waals surface area contributed by atoms with Crippen LogP contribution in [-0.2, 0) is 13.1 Å². The van der Waals surface area contributed by atoms with Crippen molar-refractivity contribution >= 4 is 28.2 Å². The zero-order valence-corrected chi connectivity index (χ0v) is 19.1. The van der Waals surface area contributed by atoms with Crippen LogP contribution in [0, 0.1) is 0 Å². The van der Waals surface area contributed by atoms with Gasteiger partial charge in [0.2, 0.25) is 0 Å². The third-order valence-electron chi connectivity index (χ3n) is 5.67. The standard InChI is InChI=1S/C28H30ClN3/c29-25-14-15-26-27(16-18-31-28(26)20-25)30-17-8-3-9-19-32(21-23-10-4-1-5-11-23)22-24-12-6-2-7-13-24/h1-2,4-7,10-16,18,20H,3,8-9,17,19,21-22H2,(H,30,31). The predicted molar refractivity (Wildman–Crippen MR) is 136 cm³/mol. The molecule has 0 spiro atoms. The predicted octanol–water partition coefficient (Wildman–Crippen LogP) is 7.17. The Bertz CT molecular complexity index is 1060. The van der Waals surface area contributed by atoms with Crippen LogP contribution in [0.2, 0.25) is 5.02 Å². The third kappa shape index (κ3) is 6.56. The number of benzene rings is 3. The lowest BCUT2D eigenvalue weighted by Crippen LogP contribution is -2.24. The van der Waals surface area contributed by atoms with Gasteiger partial charge < -0.3 is 5.32 Å². The molecule has 3 aromatic carbocycles. The highest BCUT2D eigenvalue weighted by atomic mass is 35.5. The molecular weight excluding hydrogens is 414 g/mol. The van der Waals surface area contributed by atoms with Crippen molar-refractivity contribution in [2.24, 2.45) is 0 Å². The van der Waals surface area contributed by atoms with Gasteiger partial charge in [0, 0.05) is 41.9 Å². The molecule has 4 rings (SSSR count). The number of hydrogen-bond acceptors (Lipinski definition) is 3. The Hall–Kier alpha value is -2.88. The zero-order valence-electron chi connectivity index (χ0n) is 18.4. The Morgan fingerprint density at radius 1 is 0.750 bits per heavy atom. The number of fused-ring (bicyclic) bond motifs is 1. The van der Waals surface area contributed by atoms with E-state index >= 15 is 0 Å². The molecule has 0 aliphatic heterocycles. The topological polar surface area (TPSA) is 28.2 Å². The van der Waals surface area contributed by atoms with E-state index < -0.39 is 0 Å². The fourth-order valence-electron chi connectivity index (χ4n) is 4.03. The molecule has 3 nitrogen and oxygen atoms in total. The van der Waals surface area contributed by atoms with Crippen molar-refractivity contribution in [3.8, 4) is 0 Å². The minimum absolute atomic E-state index is 0.720. The second-order valence-electron chi connectivity index (χ2n) is 8.19. The van der Waals surface area contributed by atoms with Crippen LogP contribution in [0.25, 0.3) is 10.9 Å². The van der Waals surface area contributed by atoms with Gasteiger partial charge in [0.05, 0.1) is 5.52 Å². The molecule has 0 atom stereocenters. The van der Waals surface area contributed by atoms with Crippen molar-refractivity contribution in [1.29, 1.82) is 0 Å². The number of hydrogen-bond donors (Lipinski definition) is 1. The highest BCUT2D eigenvalue weighted by Gasteiger charge is 2.07. The summed E-state index contributed by atoms with van der Waals surface area (Å²) in [6.45, 7) is 4.03. The lowest BCUT2D eigenvalue weighted by Gasteiger charge is -2.22. The summed E-state index contributed by atoms with van der Waals surface area (Å²) in [7, 11) is 0. The normalized spacial score (nSPS) is 11.2. The zero-order chi connectivity index (χ0) is 22.0. The first-order chi connectivity index (χ1) is 15.8. The molecule has 0 saturated heterocycles. The lowest BCUT2D eigenvalue weighted by atomic mass is 10.1. The summed E-state index contributed by atoms with van der Waals surface area (Å²) in [5, 5.41) is 5.42. The van der Waals surface area contributed by atoms with E-state index in [2.05, 4.69) is 75.9 Å². The summed E-state index contributed by atoms with van der Waals surface area (Å²) in [5.41, 5.74) is 4.80. The van der Waals surface area contributed by atoms with Crippen LogP contribution in [0.4, 0.5) is 5.69 Å². The first-order valence-electron chi connectivity index (χ1n) is 11.4. The average Bonchev–Trinajstić information content (AvgIpc) is 2.82. The van der Waals surface area contributed by atoms with Crippen LogP contribution in [0.3, 0.4) is 0 Å². The summed E-state index contributed by atoms with van der Waals surface area (Å²) in [6.07, 6.45) is 5.37. The smallest absolute Gasteiger partial charge is 0.0737 e. The number of rotatable bonds is 11. The summed E-state index contributed by atoms with van der Waals surface area (Å²) < 4.78 is 0. The van der Waals surface area contributed by atoms with Gasteiger partial charge in [-0.25, -0.2) is 0 Å². The molecule has 1 N–H and O–H groups in total. The molecule has 1 heterocycles. The van der Waals surface area contributed by atoms with Gasteiger partial charge in [0.25, 0.3) is 0 Å². The molecule has 1 aromatic heterocycles. The van der Waals surface area contributed by atoms with Crippen LogP contribution < -0.4 is 5.32 Å². The summed E-state index contributed by atoms with van der Waals surface area (Å²) >= 11 is 6.10. The monoisotopic (exact) mass is 443 g/mol. The quantitative estimate of drug-likeness (QED) is 0.249. The second kappa shape index (κ2) is 11.7. The number of nitrogens with zero attached hydrogens (tertiary/aromatic N) is 2. The van der Waals surface area contributed by atoms with Crippen molar-refractivity contribution in [1.82, 2.24) is 9.88 Å². The molecule has 0 aliphatic carbocycles. The van der Waals surface area contributed by atoms with Crippen LogP contribution >= 0.6 is 11.6 Å². The van der Waals surface area contributed by atoms with Crippen LogP contribution in [0.5, 0.6) is 0 Å².